The minimum absolute atomic E-state index is 0.213. The molecule has 200 valence electrons. The number of amides is 3. The first-order chi connectivity index (χ1) is 17.6. The van der Waals surface area contributed by atoms with Crippen molar-refractivity contribution in [3.63, 3.8) is 0 Å². The van der Waals surface area contributed by atoms with Crippen LogP contribution in [0.1, 0.15) is 70.9 Å². The number of carbonyl (C=O) groups excluding carboxylic acids is 3. The van der Waals surface area contributed by atoms with Gasteiger partial charge in [0.1, 0.15) is 18.1 Å². The lowest BCUT2D eigenvalue weighted by Gasteiger charge is -2.43. The average molecular weight is 526 g/mol. The zero-order valence-corrected chi connectivity index (χ0v) is 23.2. The van der Waals surface area contributed by atoms with Gasteiger partial charge in [0, 0.05) is 23.4 Å². The van der Waals surface area contributed by atoms with Crippen LogP contribution in [-0.2, 0) is 27.2 Å². The maximum Gasteiger partial charge on any atom is 0.246 e. The lowest BCUT2D eigenvalue weighted by molar-refractivity contribution is -0.156. The van der Waals surface area contributed by atoms with Crippen LogP contribution in [0, 0.1) is 0 Å². The van der Waals surface area contributed by atoms with E-state index >= 15 is 0 Å². The molecule has 1 aliphatic heterocycles. The molecule has 7 heteroatoms. The van der Waals surface area contributed by atoms with E-state index in [2.05, 4.69) is 17.6 Å². The monoisotopic (exact) mass is 525 g/mol. The van der Waals surface area contributed by atoms with Crippen LogP contribution in [0.2, 0.25) is 5.02 Å². The first-order valence-electron chi connectivity index (χ1n) is 13.3. The minimum Gasteiger partial charge on any atom is -0.350 e. The van der Waals surface area contributed by atoms with Gasteiger partial charge in [-0.25, -0.2) is 0 Å². The van der Waals surface area contributed by atoms with Crippen LogP contribution in [0.25, 0.3) is 0 Å². The number of hydrogen-bond acceptors (Lipinski definition) is 3. The Bertz CT molecular complexity index is 1050. The number of rotatable bonds is 11. The van der Waals surface area contributed by atoms with Crippen molar-refractivity contribution in [2.75, 3.05) is 0 Å². The summed E-state index contributed by atoms with van der Waals surface area (Å²) in [6, 6.07) is 14.7. The Balaban J connectivity index is 1.96. The standard InChI is InChI=1S/C30H40ClN3O3/c1-5-6-7-11-14-25(28(36)33-30(2,3)4)34-26(20-21-12-9-8-10-13-21)27(35)32-24(29(34)37)19-22-15-17-23(31)18-16-22/h8-10,12-13,15-18,24-26H,5-7,11,14,19-20H2,1-4H3,(H,32,35)(H,33,36)/t24-,25?,26-/m0/s1. The van der Waals surface area contributed by atoms with Gasteiger partial charge in [0.25, 0.3) is 0 Å². The van der Waals surface area contributed by atoms with Crippen LogP contribution in [0.3, 0.4) is 0 Å². The van der Waals surface area contributed by atoms with Gasteiger partial charge in [-0.1, -0.05) is 86.7 Å². The van der Waals surface area contributed by atoms with Crippen molar-refractivity contribution in [2.45, 2.75) is 96.3 Å². The quantitative estimate of drug-likeness (QED) is 0.402. The number of carbonyl (C=O) groups is 3. The molecule has 0 radical (unpaired) electrons. The summed E-state index contributed by atoms with van der Waals surface area (Å²) in [5.74, 6) is -0.667. The molecule has 37 heavy (non-hydrogen) atoms. The Morgan fingerprint density at radius 3 is 2.24 bits per heavy atom. The van der Waals surface area contributed by atoms with E-state index in [1.807, 2.05) is 63.2 Å². The molecule has 3 rings (SSSR count). The van der Waals surface area contributed by atoms with Crippen LogP contribution in [-0.4, -0.2) is 46.3 Å². The van der Waals surface area contributed by atoms with Crippen molar-refractivity contribution < 1.29 is 14.4 Å². The highest BCUT2D eigenvalue weighted by Crippen LogP contribution is 2.24. The van der Waals surface area contributed by atoms with Gasteiger partial charge in [-0.2, -0.15) is 0 Å². The fourth-order valence-electron chi connectivity index (χ4n) is 4.80. The van der Waals surface area contributed by atoms with Crippen molar-refractivity contribution in [3.8, 4) is 0 Å². The summed E-state index contributed by atoms with van der Waals surface area (Å²) in [5, 5.41) is 6.63. The fourth-order valence-corrected chi connectivity index (χ4v) is 4.92. The van der Waals surface area contributed by atoms with Gasteiger partial charge in [-0.05, 0) is 50.5 Å². The Labute approximate surface area is 226 Å². The molecule has 1 fully saturated rings. The normalized spacial score (nSPS) is 18.9. The van der Waals surface area contributed by atoms with Crippen molar-refractivity contribution >= 4 is 29.3 Å². The topological polar surface area (TPSA) is 78.5 Å². The number of halogens is 1. The summed E-state index contributed by atoms with van der Waals surface area (Å²) in [6.45, 7) is 7.91. The molecule has 0 spiro atoms. The molecule has 0 bridgehead atoms. The van der Waals surface area contributed by atoms with Gasteiger partial charge in [-0.15, -0.1) is 0 Å². The highest BCUT2D eigenvalue weighted by molar-refractivity contribution is 6.30. The molecular formula is C30H40ClN3O3. The highest BCUT2D eigenvalue weighted by Gasteiger charge is 2.46. The molecule has 0 aliphatic carbocycles. The third-order valence-corrected chi connectivity index (χ3v) is 6.85. The van der Waals surface area contributed by atoms with Crippen LogP contribution < -0.4 is 10.6 Å². The van der Waals surface area contributed by atoms with Crippen molar-refractivity contribution in [3.05, 3.63) is 70.7 Å². The molecule has 3 amide bonds. The zero-order chi connectivity index (χ0) is 27.0. The molecule has 2 aromatic rings. The summed E-state index contributed by atoms with van der Waals surface area (Å²) in [4.78, 5) is 42.8. The minimum atomic E-state index is -0.765. The predicted molar refractivity (Wildman–Crippen MR) is 148 cm³/mol. The van der Waals surface area contributed by atoms with Gasteiger partial charge in [-0.3, -0.25) is 14.4 Å². The molecule has 6 nitrogen and oxygen atoms in total. The lowest BCUT2D eigenvalue weighted by atomic mass is 9.92. The average Bonchev–Trinajstić information content (AvgIpc) is 2.84. The molecule has 3 atom stereocenters. The number of unbranched alkanes of at least 4 members (excludes halogenated alkanes) is 3. The molecule has 2 N–H and O–H groups in total. The van der Waals surface area contributed by atoms with E-state index in [1.165, 1.54) is 0 Å². The molecule has 2 aromatic carbocycles. The van der Waals surface area contributed by atoms with E-state index in [0.717, 1.165) is 36.8 Å². The summed E-state index contributed by atoms with van der Waals surface area (Å²) in [7, 11) is 0. The molecular weight excluding hydrogens is 486 g/mol. The zero-order valence-electron chi connectivity index (χ0n) is 22.4. The number of nitrogens with one attached hydrogen (secondary N) is 2. The molecule has 0 saturated carbocycles. The number of nitrogens with zero attached hydrogens (tertiary/aromatic N) is 1. The summed E-state index contributed by atoms with van der Waals surface area (Å²) in [5.41, 5.74) is 1.37. The Hall–Kier alpha value is -2.86. The smallest absolute Gasteiger partial charge is 0.246 e. The Morgan fingerprint density at radius 1 is 0.973 bits per heavy atom. The van der Waals surface area contributed by atoms with Gasteiger partial charge in [0.05, 0.1) is 0 Å². The molecule has 1 unspecified atom stereocenters. The lowest BCUT2D eigenvalue weighted by Crippen LogP contribution is -2.69. The van der Waals surface area contributed by atoms with Crippen LogP contribution >= 0.6 is 11.6 Å². The van der Waals surface area contributed by atoms with Gasteiger partial charge >= 0.3 is 0 Å². The molecule has 0 aromatic heterocycles. The first-order valence-corrected chi connectivity index (χ1v) is 13.7. The number of benzene rings is 2. The molecule has 1 aliphatic rings. The predicted octanol–water partition coefficient (Wildman–Crippen LogP) is 5.07. The van der Waals surface area contributed by atoms with Gasteiger partial charge in [0.15, 0.2) is 0 Å². The second-order valence-corrected chi connectivity index (χ2v) is 11.4. The fraction of sp³-hybridized carbons (Fsp3) is 0.500. The number of hydrogen-bond donors (Lipinski definition) is 2. The van der Waals surface area contributed by atoms with Gasteiger partial charge < -0.3 is 15.5 Å². The summed E-state index contributed by atoms with van der Waals surface area (Å²) >= 11 is 6.04. The third kappa shape index (κ3) is 8.32. The Kier molecular flexibility index (Phi) is 10.2. The van der Waals surface area contributed by atoms with Crippen molar-refractivity contribution in [1.29, 1.82) is 0 Å². The van der Waals surface area contributed by atoms with E-state index in [9.17, 15) is 14.4 Å². The van der Waals surface area contributed by atoms with Gasteiger partial charge in [0.2, 0.25) is 17.7 Å². The summed E-state index contributed by atoms with van der Waals surface area (Å²) in [6.07, 6.45) is 5.11. The van der Waals surface area contributed by atoms with E-state index < -0.39 is 23.7 Å². The first kappa shape index (κ1) is 28.7. The SMILES string of the molecule is CCCCCCC(C(=O)NC(C)(C)C)N1C(=O)[C@H](Cc2ccc(Cl)cc2)NC(=O)[C@@H]1Cc1ccccc1. The van der Waals surface area contributed by atoms with E-state index in [1.54, 1.807) is 17.0 Å². The molecule has 1 saturated heterocycles. The largest absolute Gasteiger partial charge is 0.350 e. The maximum absolute atomic E-state index is 14.0. The van der Waals surface area contributed by atoms with Crippen molar-refractivity contribution in [1.82, 2.24) is 15.5 Å². The second kappa shape index (κ2) is 13.1. The maximum atomic E-state index is 14.0. The third-order valence-electron chi connectivity index (χ3n) is 6.60. The number of piperazine rings is 1. The highest BCUT2D eigenvalue weighted by atomic mass is 35.5. The van der Waals surface area contributed by atoms with Crippen LogP contribution in [0.5, 0.6) is 0 Å². The van der Waals surface area contributed by atoms with Crippen molar-refractivity contribution in [2.24, 2.45) is 0 Å². The summed E-state index contributed by atoms with van der Waals surface area (Å²) < 4.78 is 0. The van der Waals surface area contributed by atoms with E-state index in [0.29, 0.717) is 24.3 Å². The Morgan fingerprint density at radius 2 is 1.62 bits per heavy atom. The van der Waals surface area contributed by atoms with E-state index in [-0.39, 0.29) is 17.7 Å². The van der Waals surface area contributed by atoms with Crippen LogP contribution in [0.15, 0.2) is 54.6 Å². The molecule has 1 heterocycles. The second-order valence-electron chi connectivity index (χ2n) is 10.9. The van der Waals surface area contributed by atoms with E-state index in [4.69, 9.17) is 11.6 Å². The van der Waals surface area contributed by atoms with Crippen LogP contribution in [0.4, 0.5) is 0 Å².